The van der Waals surface area contributed by atoms with Crippen LogP contribution >= 0.6 is 11.3 Å². The highest BCUT2D eigenvalue weighted by Crippen LogP contribution is 2.25. The maximum Gasteiger partial charge on any atom is 0.142 e. The summed E-state index contributed by atoms with van der Waals surface area (Å²) in [7, 11) is 0. The van der Waals surface area contributed by atoms with E-state index < -0.39 is 0 Å². The molecule has 1 aliphatic heterocycles. The Kier molecular flexibility index (Phi) is 4.95. The minimum absolute atomic E-state index is 0.275. The molecule has 3 heterocycles. The highest BCUT2D eigenvalue weighted by Gasteiger charge is 2.22. The molecule has 0 saturated carbocycles. The van der Waals surface area contributed by atoms with Crippen LogP contribution < -0.4 is 0 Å². The molecule has 5 heteroatoms. The number of hydrogen-bond donors (Lipinski definition) is 1. The van der Waals surface area contributed by atoms with Gasteiger partial charge < -0.3 is 5.11 Å². The van der Waals surface area contributed by atoms with Crippen LogP contribution in [0.2, 0.25) is 0 Å². The fourth-order valence-electron chi connectivity index (χ4n) is 2.94. The summed E-state index contributed by atoms with van der Waals surface area (Å²) in [6.45, 7) is 2.27. The van der Waals surface area contributed by atoms with Gasteiger partial charge in [0.1, 0.15) is 5.01 Å². The zero-order valence-electron chi connectivity index (χ0n) is 12.1. The molecule has 0 aliphatic carbocycles. The van der Waals surface area contributed by atoms with Gasteiger partial charge in [-0.1, -0.05) is 12.5 Å². The summed E-state index contributed by atoms with van der Waals surface area (Å²) in [5.41, 5.74) is 2.06. The normalized spacial score (nSPS) is 19.8. The number of nitrogens with zero attached hydrogens (tertiary/aromatic N) is 3. The SMILES string of the molecule is OCCC1CCCCN1Cc1csc(-c2ccccn2)n1. The van der Waals surface area contributed by atoms with Crippen molar-refractivity contribution in [3.63, 3.8) is 0 Å². The fraction of sp³-hybridized carbons (Fsp3) is 0.500. The van der Waals surface area contributed by atoms with E-state index in [4.69, 9.17) is 4.98 Å². The van der Waals surface area contributed by atoms with Gasteiger partial charge in [0.05, 0.1) is 11.4 Å². The predicted octanol–water partition coefficient (Wildman–Crippen LogP) is 2.94. The van der Waals surface area contributed by atoms with E-state index in [0.717, 1.165) is 35.9 Å². The molecule has 1 atom stereocenters. The Hall–Kier alpha value is -1.30. The van der Waals surface area contributed by atoms with Crippen LogP contribution in [0.25, 0.3) is 10.7 Å². The van der Waals surface area contributed by atoms with Crippen LogP contribution in [-0.4, -0.2) is 39.2 Å². The number of hydrogen-bond acceptors (Lipinski definition) is 5. The number of aliphatic hydroxyl groups is 1. The van der Waals surface area contributed by atoms with Gasteiger partial charge in [0, 0.05) is 30.8 Å². The van der Waals surface area contributed by atoms with Crippen LogP contribution in [0.1, 0.15) is 31.4 Å². The zero-order chi connectivity index (χ0) is 14.5. The number of piperidine rings is 1. The molecule has 1 unspecified atom stereocenters. The van der Waals surface area contributed by atoms with Gasteiger partial charge in [-0.15, -0.1) is 11.3 Å². The minimum atomic E-state index is 0.275. The van der Waals surface area contributed by atoms with Crippen molar-refractivity contribution < 1.29 is 5.11 Å². The number of aliphatic hydroxyl groups excluding tert-OH is 1. The molecule has 4 nitrogen and oxygen atoms in total. The summed E-state index contributed by atoms with van der Waals surface area (Å²) < 4.78 is 0. The number of rotatable bonds is 5. The van der Waals surface area contributed by atoms with E-state index in [9.17, 15) is 5.11 Å². The minimum Gasteiger partial charge on any atom is -0.396 e. The smallest absolute Gasteiger partial charge is 0.142 e. The van der Waals surface area contributed by atoms with E-state index in [1.807, 2.05) is 18.2 Å². The lowest BCUT2D eigenvalue weighted by atomic mass is 9.99. The van der Waals surface area contributed by atoms with Crippen molar-refractivity contribution in [3.05, 3.63) is 35.5 Å². The zero-order valence-corrected chi connectivity index (χ0v) is 12.9. The monoisotopic (exact) mass is 303 g/mol. The average Bonchev–Trinajstić information content (AvgIpc) is 2.99. The van der Waals surface area contributed by atoms with E-state index in [1.54, 1.807) is 17.5 Å². The van der Waals surface area contributed by atoms with Crippen molar-refractivity contribution in [2.24, 2.45) is 0 Å². The Balaban J connectivity index is 1.69. The molecule has 1 saturated heterocycles. The standard InChI is InChI=1S/C16H21N3OS/c20-10-7-14-5-2-4-9-19(14)11-13-12-21-16(18-13)15-6-1-3-8-17-15/h1,3,6,8,12,14,20H,2,4-5,7,9-11H2. The first-order valence-electron chi connectivity index (χ1n) is 7.57. The van der Waals surface area contributed by atoms with E-state index in [1.165, 1.54) is 19.3 Å². The summed E-state index contributed by atoms with van der Waals surface area (Å²) in [5, 5.41) is 12.3. The largest absolute Gasteiger partial charge is 0.396 e. The number of thiazole rings is 1. The summed E-state index contributed by atoms with van der Waals surface area (Å²) in [4.78, 5) is 11.5. The molecule has 0 aromatic carbocycles. The molecule has 21 heavy (non-hydrogen) atoms. The van der Waals surface area contributed by atoms with E-state index in [-0.39, 0.29) is 6.61 Å². The van der Waals surface area contributed by atoms with Crippen molar-refractivity contribution in [1.82, 2.24) is 14.9 Å². The highest BCUT2D eigenvalue weighted by molar-refractivity contribution is 7.13. The maximum atomic E-state index is 9.21. The van der Waals surface area contributed by atoms with Gasteiger partial charge in [-0.25, -0.2) is 4.98 Å². The number of aromatic nitrogens is 2. The van der Waals surface area contributed by atoms with Gasteiger partial charge >= 0.3 is 0 Å². The van der Waals surface area contributed by atoms with Crippen LogP contribution in [0, 0.1) is 0 Å². The van der Waals surface area contributed by atoms with Crippen LogP contribution in [0.3, 0.4) is 0 Å². The molecular weight excluding hydrogens is 282 g/mol. The maximum absolute atomic E-state index is 9.21. The molecular formula is C16H21N3OS. The Labute approximate surface area is 129 Å². The van der Waals surface area contributed by atoms with E-state index >= 15 is 0 Å². The second-order valence-electron chi connectivity index (χ2n) is 5.49. The van der Waals surface area contributed by atoms with Gasteiger partial charge in [-0.2, -0.15) is 0 Å². The van der Waals surface area contributed by atoms with Crippen LogP contribution in [0.5, 0.6) is 0 Å². The van der Waals surface area contributed by atoms with E-state index in [2.05, 4.69) is 15.3 Å². The molecule has 2 aromatic rings. The molecule has 1 fully saturated rings. The summed E-state index contributed by atoms with van der Waals surface area (Å²) in [5.74, 6) is 0. The second kappa shape index (κ2) is 7.11. The fourth-order valence-corrected chi connectivity index (χ4v) is 3.73. The van der Waals surface area contributed by atoms with Gasteiger partial charge in [0.25, 0.3) is 0 Å². The molecule has 1 aliphatic rings. The lowest BCUT2D eigenvalue weighted by Crippen LogP contribution is -2.39. The summed E-state index contributed by atoms with van der Waals surface area (Å²) in [6, 6.07) is 6.41. The lowest BCUT2D eigenvalue weighted by molar-refractivity contribution is 0.111. The third-order valence-electron chi connectivity index (χ3n) is 4.01. The molecule has 0 radical (unpaired) electrons. The van der Waals surface area contributed by atoms with Gasteiger partial charge in [0.2, 0.25) is 0 Å². The van der Waals surface area contributed by atoms with Crippen molar-refractivity contribution in [2.75, 3.05) is 13.2 Å². The second-order valence-corrected chi connectivity index (χ2v) is 6.35. The first-order chi connectivity index (χ1) is 10.4. The van der Waals surface area contributed by atoms with Crippen molar-refractivity contribution in [2.45, 2.75) is 38.3 Å². The highest BCUT2D eigenvalue weighted by atomic mass is 32.1. The lowest BCUT2D eigenvalue weighted by Gasteiger charge is -2.34. The van der Waals surface area contributed by atoms with Crippen LogP contribution in [-0.2, 0) is 6.54 Å². The number of likely N-dealkylation sites (tertiary alicyclic amines) is 1. The predicted molar refractivity (Wildman–Crippen MR) is 85.1 cm³/mol. The van der Waals surface area contributed by atoms with Crippen LogP contribution in [0.4, 0.5) is 0 Å². The topological polar surface area (TPSA) is 49.2 Å². The summed E-state index contributed by atoms with van der Waals surface area (Å²) >= 11 is 1.66. The van der Waals surface area contributed by atoms with E-state index in [0.29, 0.717) is 6.04 Å². The van der Waals surface area contributed by atoms with Gasteiger partial charge in [-0.3, -0.25) is 9.88 Å². The van der Waals surface area contributed by atoms with Gasteiger partial charge in [-0.05, 0) is 37.9 Å². The Bertz CT molecular complexity index is 556. The third kappa shape index (κ3) is 3.67. The molecule has 1 N–H and O–H groups in total. The Morgan fingerprint density at radius 3 is 3.10 bits per heavy atom. The van der Waals surface area contributed by atoms with Crippen molar-refractivity contribution in [1.29, 1.82) is 0 Å². The van der Waals surface area contributed by atoms with Crippen LogP contribution in [0.15, 0.2) is 29.8 Å². The molecule has 0 amide bonds. The summed E-state index contributed by atoms with van der Waals surface area (Å²) in [6.07, 6.45) is 6.39. The molecule has 3 rings (SSSR count). The molecule has 112 valence electrons. The quantitative estimate of drug-likeness (QED) is 0.922. The first-order valence-corrected chi connectivity index (χ1v) is 8.45. The first kappa shape index (κ1) is 14.6. The molecule has 0 bridgehead atoms. The van der Waals surface area contributed by atoms with Crippen molar-refractivity contribution >= 4 is 11.3 Å². The Morgan fingerprint density at radius 1 is 1.33 bits per heavy atom. The molecule has 0 spiro atoms. The van der Waals surface area contributed by atoms with Crippen molar-refractivity contribution in [3.8, 4) is 10.7 Å². The third-order valence-corrected chi connectivity index (χ3v) is 4.93. The Morgan fingerprint density at radius 2 is 2.29 bits per heavy atom. The number of pyridine rings is 1. The molecule has 2 aromatic heterocycles. The average molecular weight is 303 g/mol. The van der Waals surface area contributed by atoms with Gasteiger partial charge in [0.15, 0.2) is 0 Å².